The monoisotopic (exact) mass is 378 g/mol. The van der Waals surface area contributed by atoms with E-state index in [0.717, 1.165) is 37.5 Å². The van der Waals surface area contributed by atoms with E-state index in [1.165, 1.54) is 19.3 Å². The summed E-state index contributed by atoms with van der Waals surface area (Å²) in [5, 5.41) is 14.0. The molecule has 0 amide bonds. The van der Waals surface area contributed by atoms with Crippen LogP contribution in [0.25, 0.3) is 0 Å². The quantitative estimate of drug-likeness (QED) is 0.824. The minimum absolute atomic E-state index is 0. The number of nitrogens with one attached hydrogen (secondary N) is 1. The SMILES string of the molecule is COc1cc(O)c([C@H](C2CCC2)N2CCNCC2)c(OC)c1.Cl.Cl. The van der Waals surface area contributed by atoms with Crippen LogP contribution in [0, 0.1) is 5.92 Å². The molecule has 5 nitrogen and oxygen atoms in total. The Morgan fingerprint density at radius 3 is 2.29 bits per heavy atom. The fourth-order valence-electron chi connectivity index (χ4n) is 3.60. The van der Waals surface area contributed by atoms with Gasteiger partial charge in [0.25, 0.3) is 0 Å². The van der Waals surface area contributed by atoms with Gasteiger partial charge in [-0.25, -0.2) is 0 Å². The van der Waals surface area contributed by atoms with Gasteiger partial charge < -0.3 is 19.9 Å². The fourth-order valence-corrected chi connectivity index (χ4v) is 3.60. The lowest BCUT2D eigenvalue weighted by atomic mass is 9.75. The lowest BCUT2D eigenvalue weighted by Gasteiger charge is -2.43. The Kier molecular flexibility index (Phi) is 8.43. The Morgan fingerprint density at radius 2 is 1.79 bits per heavy atom. The molecule has 1 aromatic carbocycles. The lowest BCUT2D eigenvalue weighted by Crippen LogP contribution is -2.47. The van der Waals surface area contributed by atoms with Gasteiger partial charge in [0.05, 0.1) is 19.8 Å². The molecule has 1 saturated heterocycles. The van der Waals surface area contributed by atoms with Gasteiger partial charge in [0, 0.05) is 44.4 Å². The van der Waals surface area contributed by atoms with E-state index < -0.39 is 0 Å². The molecular formula is C17H28Cl2N2O3. The van der Waals surface area contributed by atoms with Crippen LogP contribution in [0.4, 0.5) is 0 Å². The molecule has 0 spiro atoms. The van der Waals surface area contributed by atoms with Crippen molar-refractivity contribution in [2.45, 2.75) is 25.3 Å². The molecule has 0 unspecified atom stereocenters. The van der Waals surface area contributed by atoms with Crippen molar-refractivity contribution in [2.24, 2.45) is 5.92 Å². The molecule has 1 saturated carbocycles. The fraction of sp³-hybridized carbons (Fsp3) is 0.647. The number of piperazine rings is 1. The summed E-state index contributed by atoms with van der Waals surface area (Å²) in [6.07, 6.45) is 3.74. The zero-order chi connectivity index (χ0) is 15.5. The molecule has 1 heterocycles. The molecule has 1 aromatic rings. The Labute approximate surface area is 156 Å². The van der Waals surface area contributed by atoms with Crippen molar-refractivity contribution in [1.82, 2.24) is 10.2 Å². The molecule has 24 heavy (non-hydrogen) atoms. The van der Waals surface area contributed by atoms with Crippen molar-refractivity contribution in [2.75, 3.05) is 40.4 Å². The average Bonchev–Trinajstić information content (AvgIpc) is 2.51. The van der Waals surface area contributed by atoms with Crippen LogP contribution < -0.4 is 14.8 Å². The second-order valence-corrected chi connectivity index (χ2v) is 6.18. The summed E-state index contributed by atoms with van der Waals surface area (Å²) >= 11 is 0. The van der Waals surface area contributed by atoms with Gasteiger partial charge in [-0.05, 0) is 18.8 Å². The first kappa shape index (κ1) is 21.2. The largest absolute Gasteiger partial charge is 0.507 e. The van der Waals surface area contributed by atoms with E-state index >= 15 is 0 Å². The van der Waals surface area contributed by atoms with Crippen LogP contribution in [0.1, 0.15) is 30.9 Å². The third-order valence-corrected chi connectivity index (χ3v) is 4.99. The number of aromatic hydroxyl groups is 1. The van der Waals surface area contributed by atoms with Gasteiger partial charge in [0.1, 0.15) is 17.2 Å². The standard InChI is InChI=1S/C17H26N2O3.2ClH/c1-21-13-10-14(20)16(15(11-13)22-2)17(12-4-3-5-12)19-8-6-18-7-9-19;;/h10-12,17-18,20H,3-9H2,1-2H3;2*1H/t17-;;/m0../s1. The zero-order valence-corrected chi connectivity index (χ0v) is 15.9. The number of benzene rings is 1. The molecular weight excluding hydrogens is 351 g/mol. The summed E-state index contributed by atoms with van der Waals surface area (Å²) in [5.74, 6) is 2.25. The Bertz CT molecular complexity index is 521. The van der Waals surface area contributed by atoms with E-state index in [0.29, 0.717) is 11.7 Å². The van der Waals surface area contributed by atoms with Gasteiger partial charge in [-0.3, -0.25) is 4.90 Å². The number of rotatable bonds is 5. The van der Waals surface area contributed by atoms with Crippen molar-refractivity contribution in [1.29, 1.82) is 0 Å². The van der Waals surface area contributed by atoms with Crippen molar-refractivity contribution < 1.29 is 14.6 Å². The van der Waals surface area contributed by atoms with E-state index in [9.17, 15) is 5.11 Å². The van der Waals surface area contributed by atoms with Crippen molar-refractivity contribution in [3.8, 4) is 17.2 Å². The molecule has 2 fully saturated rings. The minimum Gasteiger partial charge on any atom is -0.507 e. The molecule has 7 heteroatoms. The summed E-state index contributed by atoms with van der Waals surface area (Å²) in [6, 6.07) is 3.81. The van der Waals surface area contributed by atoms with Crippen LogP contribution in [0.2, 0.25) is 0 Å². The normalized spacial score (nSPS) is 19.4. The molecule has 2 N–H and O–H groups in total. The van der Waals surface area contributed by atoms with Gasteiger partial charge in [0.2, 0.25) is 0 Å². The molecule has 0 bridgehead atoms. The Hall–Kier alpha value is -0.880. The molecule has 0 aromatic heterocycles. The zero-order valence-electron chi connectivity index (χ0n) is 14.3. The smallest absolute Gasteiger partial charge is 0.131 e. The number of nitrogens with zero attached hydrogens (tertiary/aromatic N) is 1. The van der Waals surface area contributed by atoms with Gasteiger partial charge in [-0.15, -0.1) is 24.8 Å². The molecule has 2 aliphatic rings. The number of halogens is 2. The molecule has 1 aliphatic heterocycles. The predicted molar refractivity (Wildman–Crippen MR) is 100 cm³/mol. The first-order valence-corrected chi connectivity index (χ1v) is 8.14. The first-order chi connectivity index (χ1) is 10.7. The third-order valence-electron chi connectivity index (χ3n) is 4.99. The van der Waals surface area contributed by atoms with E-state index in [2.05, 4.69) is 10.2 Å². The summed E-state index contributed by atoms with van der Waals surface area (Å²) < 4.78 is 10.8. The van der Waals surface area contributed by atoms with Crippen LogP contribution in [-0.4, -0.2) is 50.4 Å². The van der Waals surface area contributed by atoms with Crippen LogP contribution in [0.5, 0.6) is 17.2 Å². The Morgan fingerprint density at radius 1 is 1.12 bits per heavy atom. The number of phenolic OH excluding ortho intramolecular Hbond substituents is 1. The summed E-state index contributed by atoms with van der Waals surface area (Å²) in [4.78, 5) is 2.49. The highest BCUT2D eigenvalue weighted by molar-refractivity contribution is 5.85. The van der Waals surface area contributed by atoms with Crippen molar-refractivity contribution >= 4 is 24.8 Å². The molecule has 1 atom stereocenters. The maximum atomic E-state index is 10.6. The number of hydrogen-bond acceptors (Lipinski definition) is 5. The molecule has 138 valence electrons. The van der Waals surface area contributed by atoms with Crippen LogP contribution in [0.15, 0.2) is 12.1 Å². The molecule has 1 aliphatic carbocycles. The van der Waals surface area contributed by atoms with E-state index in [1.54, 1.807) is 20.3 Å². The van der Waals surface area contributed by atoms with E-state index in [-0.39, 0.29) is 36.6 Å². The van der Waals surface area contributed by atoms with E-state index in [1.807, 2.05) is 6.07 Å². The maximum absolute atomic E-state index is 10.6. The van der Waals surface area contributed by atoms with Crippen LogP contribution >= 0.6 is 24.8 Å². The van der Waals surface area contributed by atoms with Crippen LogP contribution in [0.3, 0.4) is 0 Å². The minimum atomic E-state index is 0. The molecule has 3 rings (SSSR count). The summed E-state index contributed by atoms with van der Waals surface area (Å²) in [7, 11) is 3.26. The predicted octanol–water partition coefficient (Wildman–Crippen LogP) is 3.00. The average molecular weight is 379 g/mol. The highest BCUT2D eigenvalue weighted by atomic mass is 35.5. The van der Waals surface area contributed by atoms with Gasteiger partial charge in [0.15, 0.2) is 0 Å². The highest BCUT2D eigenvalue weighted by Gasteiger charge is 2.37. The van der Waals surface area contributed by atoms with Crippen LogP contribution in [-0.2, 0) is 0 Å². The maximum Gasteiger partial charge on any atom is 0.131 e. The third kappa shape index (κ3) is 4.20. The van der Waals surface area contributed by atoms with Crippen molar-refractivity contribution in [3.63, 3.8) is 0 Å². The number of hydrogen-bond donors (Lipinski definition) is 2. The summed E-state index contributed by atoms with van der Waals surface area (Å²) in [5.41, 5.74) is 0.926. The highest BCUT2D eigenvalue weighted by Crippen LogP contribution is 2.48. The first-order valence-electron chi connectivity index (χ1n) is 8.14. The topological polar surface area (TPSA) is 54.0 Å². The lowest BCUT2D eigenvalue weighted by molar-refractivity contribution is 0.0799. The second kappa shape index (κ2) is 9.56. The van der Waals surface area contributed by atoms with Gasteiger partial charge >= 0.3 is 0 Å². The Balaban J connectivity index is 0.00000144. The van der Waals surface area contributed by atoms with Crippen molar-refractivity contribution in [3.05, 3.63) is 17.7 Å². The summed E-state index contributed by atoms with van der Waals surface area (Å²) in [6.45, 7) is 4.02. The number of ether oxygens (including phenoxy) is 2. The second-order valence-electron chi connectivity index (χ2n) is 6.18. The molecule has 0 radical (unpaired) electrons. The number of methoxy groups -OCH3 is 2. The number of phenols is 1. The van der Waals surface area contributed by atoms with E-state index in [4.69, 9.17) is 9.47 Å². The van der Waals surface area contributed by atoms with Gasteiger partial charge in [-0.1, -0.05) is 6.42 Å². The van der Waals surface area contributed by atoms with Gasteiger partial charge in [-0.2, -0.15) is 0 Å².